The molecule has 0 aromatic heterocycles. The first-order valence-corrected chi connectivity index (χ1v) is 9.36. The van der Waals surface area contributed by atoms with E-state index in [4.69, 9.17) is 11.6 Å². The molecular formula is C19H27ClFN3O2. The van der Waals surface area contributed by atoms with E-state index in [9.17, 15) is 14.0 Å². The molecule has 144 valence electrons. The molecule has 0 saturated carbocycles. The molecule has 5 nitrogen and oxygen atoms in total. The second-order valence-corrected chi connectivity index (χ2v) is 7.92. The van der Waals surface area contributed by atoms with Gasteiger partial charge >= 0.3 is 0 Å². The molecular weight excluding hydrogens is 357 g/mol. The number of amides is 2. The van der Waals surface area contributed by atoms with Crippen LogP contribution in [0.1, 0.15) is 40.0 Å². The minimum absolute atomic E-state index is 0.00848. The molecule has 1 aliphatic rings. The Morgan fingerprint density at radius 3 is 2.50 bits per heavy atom. The van der Waals surface area contributed by atoms with Gasteiger partial charge in [-0.1, -0.05) is 18.5 Å². The molecule has 0 bridgehead atoms. The van der Waals surface area contributed by atoms with Gasteiger partial charge in [0.15, 0.2) is 0 Å². The number of carbonyl (C=O) groups is 2. The van der Waals surface area contributed by atoms with Crippen molar-refractivity contribution in [3.05, 3.63) is 29.0 Å². The van der Waals surface area contributed by atoms with Gasteiger partial charge < -0.3 is 10.6 Å². The van der Waals surface area contributed by atoms with E-state index in [1.807, 2.05) is 20.8 Å². The van der Waals surface area contributed by atoms with E-state index in [1.165, 1.54) is 18.2 Å². The maximum Gasteiger partial charge on any atom is 0.234 e. The predicted molar refractivity (Wildman–Crippen MR) is 102 cm³/mol. The maximum atomic E-state index is 13.4. The van der Waals surface area contributed by atoms with Crippen LogP contribution in [0.25, 0.3) is 0 Å². The topological polar surface area (TPSA) is 61.4 Å². The molecule has 0 unspecified atom stereocenters. The van der Waals surface area contributed by atoms with E-state index in [2.05, 4.69) is 15.5 Å². The lowest BCUT2D eigenvalue weighted by atomic mass is 9.95. The summed E-state index contributed by atoms with van der Waals surface area (Å²) in [4.78, 5) is 26.6. The van der Waals surface area contributed by atoms with Crippen molar-refractivity contribution in [1.29, 1.82) is 0 Å². The molecule has 2 rings (SSSR count). The van der Waals surface area contributed by atoms with Gasteiger partial charge in [0, 0.05) is 22.2 Å². The normalized spacial score (nSPS) is 16.3. The van der Waals surface area contributed by atoms with Crippen LogP contribution in [0.5, 0.6) is 0 Å². The molecule has 1 aromatic carbocycles. The lowest BCUT2D eigenvalue weighted by Gasteiger charge is -2.32. The van der Waals surface area contributed by atoms with Gasteiger partial charge in [-0.15, -0.1) is 0 Å². The lowest BCUT2D eigenvalue weighted by molar-refractivity contribution is -0.124. The Bertz CT molecular complexity index is 638. The van der Waals surface area contributed by atoms with E-state index in [0.29, 0.717) is 38.2 Å². The Hall–Kier alpha value is -1.66. The zero-order chi connectivity index (χ0) is 19.3. The standard InChI is InChI=1S/C19H27ClFN3O2/c1-4-19(2,3)23-17(25)12-24-7-5-13(6-8-24)18(26)22-16-10-14(20)9-15(21)11-16/h9-11,13H,4-8,12H2,1-3H3,(H,22,26)(H,23,25). The van der Waals surface area contributed by atoms with Crippen LogP contribution in [0.15, 0.2) is 18.2 Å². The summed E-state index contributed by atoms with van der Waals surface area (Å²) >= 11 is 5.81. The quantitative estimate of drug-likeness (QED) is 0.791. The van der Waals surface area contributed by atoms with Gasteiger partial charge in [0.25, 0.3) is 0 Å². The number of carbonyl (C=O) groups excluding carboxylic acids is 2. The third kappa shape index (κ3) is 6.25. The highest BCUT2D eigenvalue weighted by Gasteiger charge is 2.27. The Morgan fingerprint density at radius 2 is 1.92 bits per heavy atom. The van der Waals surface area contributed by atoms with Gasteiger partial charge in [0.1, 0.15) is 5.82 Å². The van der Waals surface area contributed by atoms with Gasteiger partial charge in [0.2, 0.25) is 11.8 Å². The summed E-state index contributed by atoms with van der Waals surface area (Å²) in [5, 5.41) is 6.00. The molecule has 1 saturated heterocycles. The molecule has 0 aliphatic carbocycles. The number of nitrogens with zero attached hydrogens (tertiary/aromatic N) is 1. The van der Waals surface area contributed by atoms with Crippen molar-refractivity contribution in [2.45, 2.75) is 45.6 Å². The Balaban J connectivity index is 1.80. The second-order valence-electron chi connectivity index (χ2n) is 7.48. The van der Waals surface area contributed by atoms with E-state index in [1.54, 1.807) is 0 Å². The van der Waals surface area contributed by atoms with Crippen LogP contribution in [0, 0.1) is 11.7 Å². The van der Waals surface area contributed by atoms with Crippen molar-refractivity contribution >= 4 is 29.1 Å². The summed E-state index contributed by atoms with van der Waals surface area (Å²) in [5.74, 6) is -0.760. The maximum absolute atomic E-state index is 13.4. The summed E-state index contributed by atoms with van der Waals surface area (Å²) in [6.45, 7) is 7.75. The highest BCUT2D eigenvalue weighted by molar-refractivity contribution is 6.30. The summed E-state index contributed by atoms with van der Waals surface area (Å²) in [6, 6.07) is 3.97. The second kappa shape index (κ2) is 8.82. The van der Waals surface area contributed by atoms with Crippen molar-refractivity contribution < 1.29 is 14.0 Å². The molecule has 2 amide bonds. The van der Waals surface area contributed by atoms with Crippen LogP contribution in [-0.2, 0) is 9.59 Å². The number of likely N-dealkylation sites (tertiary alicyclic amines) is 1. The SMILES string of the molecule is CCC(C)(C)NC(=O)CN1CCC(C(=O)Nc2cc(F)cc(Cl)c2)CC1. The van der Waals surface area contributed by atoms with E-state index < -0.39 is 5.82 Å². The van der Waals surface area contributed by atoms with Crippen LogP contribution >= 0.6 is 11.6 Å². The number of piperidine rings is 1. The molecule has 0 spiro atoms. The fourth-order valence-electron chi connectivity index (χ4n) is 2.93. The minimum Gasteiger partial charge on any atom is -0.350 e. The number of hydrogen-bond donors (Lipinski definition) is 2. The molecule has 1 heterocycles. The average Bonchev–Trinajstić information content (AvgIpc) is 2.54. The van der Waals surface area contributed by atoms with Gasteiger partial charge in [-0.05, 0) is 64.4 Å². The van der Waals surface area contributed by atoms with Crippen LogP contribution in [0.2, 0.25) is 5.02 Å². The predicted octanol–water partition coefficient (Wildman–Crippen LogP) is 3.43. The number of rotatable bonds is 6. The van der Waals surface area contributed by atoms with Crippen molar-refractivity contribution in [2.75, 3.05) is 25.0 Å². The lowest BCUT2D eigenvalue weighted by Crippen LogP contribution is -2.49. The summed E-state index contributed by atoms with van der Waals surface area (Å²) in [6.07, 6.45) is 2.20. The Labute approximate surface area is 159 Å². The van der Waals surface area contributed by atoms with Gasteiger partial charge in [-0.3, -0.25) is 14.5 Å². The van der Waals surface area contributed by atoms with E-state index in [-0.39, 0.29) is 28.3 Å². The summed E-state index contributed by atoms with van der Waals surface area (Å²) in [7, 11) is 0. The van der Waals surface area contributed by atoms with Gasteiger partial charge in [-0.25, -0.2) is 4.39 Å². The Kier molecular flexibility index (Phi) is 7.01. The van der Waals surface area contributed by atoms with Crippen molar-refractivity contribution in [3.63, 3.8) is 0 Å². The first kappa shape index (κ1) is 20.6. The molecule has 26 heavy (non-hydrogen) atoms. The van der Waals surface area contributed by atoms with E-state index in [0.717, 1.165) is 6.42 Å². The first-order valence-electron chi connectivity index (χ1n) is 8.99. The fourth-order valence-corrected chi connectivity index (χ4v) is 3.15. The molecule has 1 fully saturated rings. The Morgan fingerprint density at radius 1 is 1.27 bits per heavy atom. The largest absolute Gasteiger partial charge is 0.350 e. The van der Waals surface area contributed by atoms with E-state index >= 15 is 0 Å². The van der Waals surface area contributed by atoms with Crippen molar-refractivity contribution in [3.8, 4) is 0 Å². The molecule has 7 heteroatoms. The molecule has 1 aliphatic heterocycles. The zero-order valence-electron chi connectivity index (χ0n) is 15.6. The number of anilines is 1. The van der Waals surface area contributed by atoms with Crippen LogP contribution in [0.3, 0.4) is 0 Å². The summed E-state index contributed by atoms with van der Waals surface area (Å²) < 4.78 is 13.4. The van der Waals surface area contributed by atoms with Crippen molar-refractivity contribution in [2.24, 2.45) is 5.92 Å². The molecule has 0 radical (unpaired) electrons. The van der Waals surface area contributed by atoms with Crippen LogP contribution < -0.4 is 10.6 Å². The van der Waals surface area contributed by atoms with Gasteiger partial charge in [-0.2, -0.15) is 0 Å². The third-order valence-electron chi connectivity index (χ3n) is 4.82. The number of halogens is 2. The zero-order valence-corrected chi connectivity index (χ0v) is 16.3. The van der Waals surface area contributed by atoms with Crippen molar-refractivity contribution in [1.82, 2.24) is 10.2 Å². The van der Waals surface area contributed by atoms with Crippen LogP contribution in [0.4, 0.5) is 10.1 Å². The monoisotopic (exact) mass is 383 g/mol. The highest BCUT2D eigenvalue weighted by atomic mass is 35.5. The fraction of sp³-hybridized carbons (Fsp3) is 0.579. The smallest absolute Gasteiger partial charge is 0.234 e. The average molecular weight is 384 g/mol. The molecule has 1 aromatic rings. The van der Waals surface area contributed by atoms with Crippen LogP contribution in [-0.4, -0.2) is 41.9 Å². The number of nitrogens with one attached hydrogen (secondary N) is 2. The minimum atomic E-state index is -0.483. The summed E-state index contributed by atoms with van der Waals surface area (Å²) in [5.41, 5.74) is 0.158. The number of hydrogen-bond acceptors (Lipinski definition) is 3. The highest BCUT2D eigenvalue weighted by Crippen LogP contribution is 2.22. The first-order chi connectivity index (χ1) is 12.2. The molecule has 2 N–H and O–H groups in total. The third-order valence-corrected chi connectivity index (χ3v) is 5.04. The molecule has 0 atom stereocenters. The van der Waals surface area contributed by atoms with Gasteiger partial charge in [0.05, 0.1) is 6.54 Å². The number of benzene rings is 1.